The second-order valence-electron chi connectivity index (χ2n) is 5.75. The minimum Gasteiger partial charge on any atom is -0.394 e. The molecule has 4 nitrogen and oxygen atoms in total. The van der Waals surface area contributed by atoms with Gasteiger partial charge in [0.1, 0.15) is 5.82 Å². The highest BCUT2D eigenvalue weighted by Crippen LogP contribution is 2.35. The predicted octanol–water partition coefficient (Wildman–Crippen LogP) is 3.62. The van der Waals surface area contributed by atoms with E-state index in [2.05, 4.69) is 9.97 Å². The van der Waals surface area contributed by atoms with E-state index >= 15 is 0 Å². The number of aromatic nitrogens is 3. The molecule has 6 heteroatoms. The average molecular weight is 320 g/mol. The summed E-state index contributed by atoms with van der Waals surface area (Å²) >= 11 is 6.34. The van der Waals surface area contributed by atoms with Gasteiger partial charge >= 0.3 is 0 Å². The van der Waals surface area contributed by atoms with Gasteiger partial charge in [-0.3, -0.25) is 0 Å². The highest BCUT2D eigenvalue weighted by Gasteiger charge is 2.24. The number of rotatable bonds is 3. The molecular formula is C16H15ClFN3O. The van der Waals surface area contributed by atoms with E-state index in [9.17, 15) is 9.50 Å². The Kier molecular flexibility index (Phi) is 3.62. The van der Waals surface area contributed by atoms with Gasteiger partial charge in [-0.2, -0.15) is 0 Å². The first-order valence-electron chi connectivity index (χ1n) is 6.83. The molecule has 1 N–H and O–H groups in total. The third-order valence-electron chi connectivity index (χ3n) is 3.70. The highest BCUT2D eigenvalue weighted by atomic mass is 35.5. The first kappa shape index (κ1) is 14.9. The third-order valence-corrected chi connectivity index (χ3v) is 3.98. The molecule has 0 saturated heterocycles. The molecule has 0 radical (unpaired) electrons. The van der Waals surface area contributed by atoms with Crippen molar-refractivity contribution in [3.63, 3.8) is 0 Å². The van der Waals surface area contributed by atoms with Gasteiger partial charge in [0.25, 0.3) is 0 Å². The Bertz CT molecular complexity index is 827. The van der Waals surface area contributed by atoms with Gasteiger partial charge in [-0.25, -0.2) is 14.4 Å². The molecule has 3 rings (SSSR count). The Hall–Kier alpha value is -1.98. The van der Waals surface area contributed by atoms with Gasteiger partial charge in [-0.05, 0) is 31.5 Å². The number of aliphatic hydroxyl groups is 1. The summed E-state index contributed by atoms with van der Waals surface area (Å²) in [7, 11) is 0. The van der Waals surface area contributed by atoms with Gasteiger partial charge in [0.15, 0.2) is 5.65 Å². The number of imidazole rings is 1. The topological polar surface area (TPSA) is 50.9 Å². The lowest BCUT2D eigenvalue weighted by molar-refractivity contribution is 0.168. The molecule has 0 unspecified atom stereocenters. The maximum Gasteiger partial charge on any atom is 0.178 e. The van der Waals surface area contributed by atoms with Crippen molar-refractivity contribution >= 4 is 22.8 Å². The zero-order chi connectivity index (χ0) is 15.9. The van der Waals surface area contributed by atoms with E-state index in [4.69, 9.17) is 11.6 Å². The Morgan fingerprint density at radius 3 is 2.55 bits per heavy atom. The van der Waals surface area contributed by atoms with E-state index in [1.54, 1.807) is 18.5 Å². The molecule has 0 aliphatic carbocycles. The first-order valence-corrected chi connectivity index (χ1v) is 7.20. The average Bonchev–Trinajstić information content (AvgIpc) is 2.93. The van der Waals surface area contributed by atoms with Crippen LogP contribution in [0.25, 0.3) is 22.3 Å². The molecule has 0 aliphatic heterocycles. The van der Waals surface area contributed by atoms with Crippen LogP contribution in [0, 0.1) is 5.82 Å². The molecule has 0 spiro atoms. The zero-order valence-electron chi connectivity index (χ0n) is 12.2. The van der Waals surface area contributed by atoms with Crippen LogP contribution in [0.1, 0.15) is 13.8 Å². The lowest BCUT2D eigenvalue weighted by atomic mass is 10.0. The van der Waals surface area contributed by atoms with Crippen molar-refractivity contribution in [1.29, 1.82) is 0 Å². The lowest BCUT2D eigenvalue weighted by Crippen LogP contribution is -2.29. The summed E-state index contributed by atoms with van der Waals surface area (Å²) in [5.41, 5.74) is 2.19. The number of aliphatic hydroxyl groups excluding tert-OH is 1. The molecular weight excluding hydrogens is 305 g/mol. The van der Waals surface area contributed by atoms with Gasteiger partial charge in [0.05, 0.1) is 29.0 Å². The Morgan fingerprint density at radius 2 is 1.91 bits per heavy atom. The van der Waals surface area contributed by atoms with E-state index in [0.29, 0.717) is 10.7 Å². The van der Waals surface area contributed by atoms with Gasteiger partial charge in [-0.1, -0.05) is 23.7 Å². The maximum atomic E-state index is 13.2. The van der Waals surface area contributed by atoms with E-state index < -0.39 is 5.54 Å². The summed E-state index contributed by atoms with van der Waals surface area (Å²) < 4.78 is 15.0. The standard InChI is InChI=1S/C16H15ClFN3O/c1-16(2,8-22)21-9-20-15-14(21)13(12(17)7-19-15)10-3-5-11(18)6-4-10/h3-7,9,22H,8H2,1-2H3. The van der Waals surface area contributed by atoms with Crippen molar-refractivity contribution in [3.05, 3.63) is 47.6 Å². The Morgan fingerprint density at radius 1 is 1.23 bits per heavy atom. The van der Waals surface area contributed by atoms with Gasteiger partial charge < -0.3 is 9.67 Å². The number of fused-ring (bicyclic) bond motifs is 1. The molecule has 2 aromatic heterocycles. The summed E-state index contributed by atoms with van der Waals surface area (Å²) in [5, 5.41) is 10.1. The van der Waals surface area contributed by atoms with E-state index in [1.807, 2.05) is 18.4 Å². The molecule has 2 heterocycles. The summed E-state index contributed by atoms with van der Waals surface area (Å²) in [6.07, 6.45) is 3.17. The minimum atomic E-state index is -0.560. The molecule has 0 aliphatic rings. The second-order valence-corrected chi connectivity index (χ2v) is 6.15. The van der Waals surface area contributed by atoms with Gasteiger partial charge in [0, 0.05) is 11.8 Å². The third kappa shape index (κ3) is 2.36. The zero-order valence-corrected chi connectivity index (χ0v) is 13.0. The molecule has 0 amide bonds. The number of halogens is 2. The van der Waals surface area contributed by atoms with Gasteiger partial charge in [-0.15, -0.1) is 0 Å². The van der Waals surface area contributed by atoms with Crippen LogP contribution in [0.4, 0.5) is 4.39 Å². The molecule has 0 bridgehead atoms. The summed E-state index contributed by atoms with van der Waals surface area (Å²) in [5.74, 6) is -0.311. The molecule has 22 heavy (non-hydrogen) atoms. The Balaban J connectivity index is 2.35. The monoisotopic (exact) mass is 319 g/mol. The van der Waals surface area contributed by atoms with Crippen molar-refractivity contribution in [2.24, 2.45) is 0 Å². The van der Waals surface area contributed by atoms with Crippen molar-refractivity contribution in [1.82, 2.24) is 14.5 Å². The smallest absolute Gasteiger partial charge is 0.178 e. The van der Waals surface area contributed by atoms with Crippen molar-refractivity contribution < 1.29 is 9.50 Å². The first-order chi connectivity index (χ1) is 10.4. The molecule has 114 valence electrons. The van der Waals surface area contributed by atoms with E-state index in [0.717, 1.165) is 16.6 Å². The fourth-order valence-electron chi connectivity index (χ4n) is 2.39. The fraction of sp³-hybridized carbons (Fsp3) is 0.250. The maximum absolute atomic E-state index is 13.2. The van der Waals surface area contributed by atoms with Crippen molar-refractivity contribution in [2.75, 3.05) is 6.61 Å². The molecule has 0 fully saturated rings. The number of benzene rings is 1. The normalized spacial score (nSPS) is 12.0. The summed E-state index contributed by atoms with van der Waals surface area (Å²) in [6, 6.07) is 6.10. The summed E-state index contributed by atoms with van der Waals surface area (Å²) in [4.78, 5) is 8.52. The summed E-state index contributed by atoms with van der Waals surface area (Å²) in [6.45, 7) is 3.72. The van der Waals surface area contributed by atoms with Crippen LogP contribution < -0.4 is 0 Å². The number of hydrogen-bond acceptors (Lipinski definition) is 3. The molecule has 0 atom stereocenters. The number of hydrogen-bond donors (Lipinski definition) is 1. The lowest BCUT2D eigenvalue weighted by Gasteiger charge is -2.25. The van der Waals surface area contributed by atoms with Crippen LogP contribution in [0.15, 0.2) is 36.8 Å². The highest BCUT2D eigenvalue weighted by molar-refractivity contribution is 6.34. The largest absolute Gasteiger partial charge is 0.394 e. The van der Waals surface area contributed by atoms with Crippen LogP contribution in [0.3, 0.4) is 0 Å². The van der Waals surface area contributed by atoms with Crippen LogP contribution in [-0.4, -0.2) is 26.2 Å². The number of nitrogens with zero attached hydrogens (tertiary/aromatic N) is 3. The number of pyridine rings is 1. The quantitative estimate of drug-likeness (QED) is 0.802. The van der Waals surface area contributed by atoms with Crippen molar-refractivity contribution in [3.8, 4) is 11.1 Å². The van der Waals surface area contributed by atoms with E-state index in [-0.39, 0.29) is 12.4 Å². The van der Waals surface area contributed by atoms with Crippen LogP contribution in [-0.2, 0) is 5.54 Å². The van der Waals surface area contributed by atoms with Crippen LogP contribution in [0.2, 0.25) is 5.02 Å². The van der Waals surface area contributed by atoms with Gasteiger partial charge in [0.2, 0.25) is 0 Å². The second kappa shape index (κ2) is 5.34. The van der Waals surface area contributed by atoms with Crippen molar-refractivity contribution in [2.45, 2.75) is 19.4 Å². The molecule has 0 saturated carbocycles. The SMILES string of the molecule is CC(C)(CO)n1cnc2ncc(Cl)c(-c3ccc(F)cc3)c21. The molecule has 1 aromatic carbocycles. The van der Waals surface area contributed by atoms with Crippen LogP contribution >= 0.6 is 11.6 Å². The predicted molar refractivity (Wildman–Crippen MR) is 84.3 cm³/mol. The fourth-order valence-corrected chi connectivity index (χ4v) is 2.63. The molecule has 3 aromatic rings. The van der Waals surface area contributed by atoms with E-state index in [1.165, 1.54) is 18.3 Å². The van der Waals surface area contributed by atoms with Crippen LogP contribution in [0.5, 0.6) is 0 Å². The minimum absolute atomic E-state index is 0.0617. The Labute approximate surface area is 132 Å².